The number of amides is 1. The lowest BCUT2D eigenvalue weighted by Crippen LogP contribution is -2.45. The second kappa shape index (κ2) is 9.06. The van der Waals surface area contributed by atoms with Gasteiger partial charge in [-0.05, 0) is 30.9 Å². The number of hydrogen-bond donors (Lipinski definition) is 1. The molecule has 1 saturated heterocycles. The van der Waals surface area contributed by atoms with Crippen molar-refractivity contribution in [2.75, 3.05) is 13.1 Å². The molecular formula is C17H24Cl2N4O. The van der Waals surface area contributed by atoms with E-state index in [9.17, 15) is 4.79 Å². The van der Waals surface area contributed by atoms with E-state index < -0.39 is 6.04 Å². The average Bonchev–Trinajstić information content (AvgIpc) is 3.01. The number of likely N-dealkylation sites (tertiary alicyclic amines) is 1. The predicted molar refractivity (Wildman–Crippen MR) is 99.7 cm³/mol. The molecule has 2 atom stereocenters. The van der Waals surface area contributed by atoms with Crippen molar-refractivity contribution in [1.82, 2.24) is 14.7 Å². The maximum atomic E-state index is 12.7. The fourth-order valence-corrected chi connectivity index (χ4v) is 3.00. The molecule has 1 aliphatic rings. The Labute approximate surface area is 155 Å². The van der Waals surface area contributed by atoms with Crippen LogP contribution in [0.15, 0.2) is 42.7 Å². The molecule has 2 N–H and O–H groups in total. The van der Waals surface area contributed by atoms with Crippen LogP contribution >= 0.6 is 24.8 Å². The fraction of sp³-hybridized carbons (Fsp3) is 0.412. The summed E-state index contributed by atoms with van der Waals surface area (Å²) in [5.74, 6) is -0.000205. The number of carbonyl (C=O) groups excluding carboxylic acids is 1. The number of piperidine rings is 1. The number of halogens is 2. The summed E-state index contributed by atoms with van der Waals surface area (Å²) in [6.45, 7) is 3.48. The molecule has 1 aromatic carbocycles. The largest absolute Gasteiger partial charge is 0.339 e. The minimum absolute atomic E-state index is 0. The number of benzene rings is 1. The van der Waals surface area contributed by atoms with Gasteiger partial charge in [-0.1, -0.05) is 30.3 Å². The molecule has 1 amide bonds. The topological polar surface area (TPSA) is 64.2 Å². The maximum Gasteiger partial charge on any atom is 0.244 e. The minimum atomic E-state index is -0.584. The summed E-state index contributed by atoms with van der Waals surface area (Å²) in [6, 6.07) is 9.22. The van der Waals surface area contributed by atoms with Gasteiger partial charge in [0.2, 0.25) is 5.91 Å². The van der Waals surface area contributed by atoms with Crippen molar-refractivity contribution in [3.8, 4) is 0 Å². The third kappa shape index (κ3) is 4.50. The van der Waals surface area contributed by atoms with E-state index in [1.807, 2.05) is 59.2 Å². The van der Waals surface area contributed by atoms with Gasteiger partial charge in [0.25, 0.3) is 0 Å². The van der Waals surface area contributed by atoms with Gasteiger partial charge in [0.1, 0.15) is 6.04 Å². The molecule has 2 heterocycles. The number of rotatable bonds is 3. The highest BCUT2D eigenvalue weighted by Crippen LogP contribution is 2.23. The highest BCUT2D eigenvalue weighted by Gasteiger charge is 2.28. The number of nitrogens with zero attached hydrogens (tertiary/aromatic N) is 3. The van der Waals surface area contributed by atoms with E-state index in [0.29, 0.717) is 6.54 Å². The summed E-state index contributed by atoms with van der Waals surface area (Å²) in [5, 5.41) is 4.38. The fourth-order valence-electron chi connectivity index (χ4n) is 3.00. The summed E-state index contributed by atoms with van der Waals surface area (Å²) < 4.78 is 1.98. The van der Waals surface area contributed by atoms with Crippen LogP contribution in [0.5, 0.6) is 0 Å². The number of hydrogen-bond acceptors (Lipinski definition) is 3. The number of aryl methyl sites for hydroxylation is 1. The molecule has 1 aromatic heterocycles. The smallest absolute Gasteiger partial charge is 0.244 e. The Hall–Kier alpha value is -1.56. The molecule has 24 heavy (non-hydrogen) atoms. The van der Waals surface area contributed by atoms with Gasteiger partial charge in [-0.2, -0.15) is 5.10 Å². The van der Waals surface area contributed by atoms with Crippen LogP contribution in [0.2, 0.25) is 0 Å². The summed E-state index contributed by atoms with van der Waals surface area (Å²) in [6.07, 6.45) is 5.93. The van der Waals surface area contributed by atoms with Gasteiger partial charge >= 0.3 is 0 Å². The molecule has 0 aliphatic carbocycles. The quantitative estimate of drug-likeness (QED) is 0.902. The first kappa shape index (κ1) is 20.5. The minimum Gasteiger partial charge on any atom is -0.339 e. The Bertz CT molecular complexity index is 647. The summed E-state index contributed by atoms with van der Waals surface area (Å²) in [5.41, 5.74) is 8.15. The van der Waals surface area contributed by atoms with Crippen LogP contribution in [-0.2, 0) is 4.79 Å². The molecule has 3 rings (SSSR count). The van der Waals surface area contributed by atoms with E-state index in [4.69, 9.17) is 5.73 Å². The number of carbonyl (C=O) groups is 1. The van der Waals surface area contributed by atoms with Crippen molar-refractivity contribution in [2.24, 2.45) is 5.73 Å². The maximum absolute atomic E-state index is 12.7. The lowest BCUT2D eigenvalue weighted by molar-refractivity contribution is -0.134. The normalized spacial score (nSPS) is 18.2. The van der Waals surface area contributed by atoms with Crippen LogP contribution in [0.4, 0.5) is 0 Å². The van der Waals surface area contributed by atoms with Gasteiger partial charge in [-0.3, -0.25) is 9.48 Å². The van der Waals surface area contributed by atoms with Crippen molar-refractivity contribution in [3.05, 3.63) is 53.9 Å². The molecular weight excluding hydrogens is 347 g/mol. The number of aromatic nitrogens is 2. The lowest BCUT2D eigenvalue weighted by atomic mass is 10.0. The van der Waals surface area contributed by atoms with Crippen LogP contribution in [-0.4, -0.2) is 33.7 Å². The lowest BCUT2D eigenvalue weighted by Gasteiger charge is -2.34. The van der Waals surface area contributed by atoms with E-state index >= 15 is 0 Å². The Morgan fingerprint density at radius 1 is 1.29 bits per heavy atom. The van der Waals surface area contributed by atoms with Crippen LogP contribution in [0, 0.1) is 6.92 Å². The van der Waals surface area contributed by atoms with Crippen molar-refractivity contribution < 1.29 is 4.79 Å². The highest BCUT2D eigenvalue weighted by atomic mass is 35.5. The molecule has 2 aromatic rings. The second-order valence-electron chi connectivity index (χ2n) is 5.97. The molecule has 7 heteroatoms. The third-order valence-corrected chi connectivity index (χ3v) is 4.24. The molecule has 1 fully saturated rings. The molecule has 5 nitrogen and oxygen atoms in total. The average molecular weight is 371 g/mol. The Morgan fingerprint density at radius 2 is 2.00 bits per heavy atom. The SMILES string of the molecule is Cc1cnn(C2CCCN(C(=O)C(N)c3ccccc3)C2)c1.Cl.Cl. The summed E-state index contributed by atoms with van der Waals surface area (Å²) in [7, 11) is 0. The van der Waals surface area contributed by atoms with Crippen LogP contribution in [0.3, 0.4) is 0 Å². The van der Waals surface area contributed by atoms with E-state index in [-0.39, 0.29) is 36.8 Å². The van der Waals surface area contributed by atoms with E-state index in [0.717, 1.165) is 30.5 Å². The molecule has 1 aliphatic heterocycles. The van der Waals surface area contributed by atoms with Crippen LogP contribution in [0.25, 0.3) is 0 Å². The van der Waals surface area contributed by atoms with Crippen molar-refractivity contribution in [3.63, 3.8) is 0 Å². The van der Waals surface area contributed by atoms with Crippen LogP contribution < -0.4 is 5.73 Å². The van der Waals surface area contributed by atoms with Gasteiger partial charge in [0.15, 0.2) is 0 Å². The molecule has 0 saturated carbocycles. The molecule has 132 valence electrons. The Balaban J connectivity index is 0.00000144. The van der Waals surface area contributed by atoms with Crippen molar-refractivity contribution >= 4 is 30.7 Å². The van der Waals surface area contributed by atoms with E-state index in [1.165, 1.54) is 0 Å². The Morgan fingerprint density at radius 3 is 2.62 bits per heavy atom. The second-order valence-corrected chi connectivity index (χ2v) is 5.97. The predicted octanol–water partition coefficient (Wildman–Crippen LogP) is 2.90. The first-order chi connectivity index (χ1) is 10.6. The first-order valence-electron chi connectivity index (χ1n) is 7.75. The monoisotopic (exact) mass is 370 g/mol. The molecule has 0 bridgehead atoms. The first-order valence-corrected chi connectivity index (χ1v) is 7.75. The van der Waals surface area contributed by atoms with Gasteiger partial charge in [-0.15, -0.1) is 24.8 Å². The number of nitrogens with two attached hydrogens (primary N) is 1. The van der Waals surface area contributed by atoms with Gasteiger partial charge in [0, 0.05) is 19.3 Å². The van der Waals surface area contributed by atoms with Gasteiger partial charge < -0.3 is 10.6 Å². The standard InChI is InChI=1S/C17H22N4O.2ClH/c1-13-10-19-21(11-13)15-8-5-9-20(12-15)17(22)16(18)14-6-3-2-4-7-14;;/h2-4,6-7,10-11,15-16H,5,8-9,12,18H2,1H3;2*1H. The van der Waals surface area contributed by atoms with Crippen LogP contribution in [0.1, 0.15) is 36.1 Å². The van der Waals surface area contributed by atoms with Gasteiger partial charge in [0.05, 0.1) is 12.2 Å². The zero-order valence-electron chi connectivity index (χ0n) is 13.7. The third-order valence-electron chi connectivity index (χ3n) is 4.24. The highest BCUT2D eigenvalue weighted by molar-refractivity contribution is 5.85. The molecule has 2 unspecified atom stereocenters. The zero-order chi connectivity index (χ0) is 15.5. The molecule has 0 radical (unpaired) electrons. The van der Waals surface area contributed by atoms with Crippen molar-refractivity contribution in [2.45, 2.75) is 31.8 Å². The zero-order valence-corrected chi connectivity index (χ0v) is 15.3. The molecule has 0 spiro atoms. The summed E-state index contributed by atoms with van der Waals surface area (Å²) >= 11 is 0. The van der Waals surface area contributed by atoms with E-state index in [2.05, 4.69) is 5.10 Å². The Kier molecular flexibility index (Phi) is 7.73. The summed E-state index contributed by atoms with van der Waals surface area (Å²) in [4.78, 5) is 14.5. The van der Waals surface area contributed by atoms with Gasteiger partial charge in [-0.25, -0.2) is 0 Å². The van der Waals surface area contributed by atoms with Crippen molar-refractivity contribution in [1.29, 1.82) is 0 Å². The van der Waals surface area contributed by atoms with E-state index in [1.54, 1.807) is 0 Å².